The molecule has 0 saturated carbocycles. The number of carbonyl (C=O) groups excluding carboxylic acids is 1. The van der Waals surface area contributed by atoms with Gasteiger partial charge < -0.3 is 5.32 Å². The Morgan fingerprint density at radius 3 is 2.94 bits per heavy atom. The van der Waals surface area contributed by atoms with Crippen molar-refractivity contribution in [1.82, 2.24) is 10.2 Å². The number of nitrogens with zero attached hydrogens (tertiary/aromatic N) is 1. The minimum absolute atomic E-state index is 0.125. The van der Waals surface area contributed by atoms with E-state index in [0.717, 1.165) is 26.1 Å². The Labute approximate surface area is 108 Å². The Morgan fingerprint density at radius 1 is 1.39 bits per heavy atom. The number of hydrogen-bond acceptors (Lipinski definition) is 3. The van der Waals surface area contributed by atoms with Gasteiger partial charge in [0, 0.05) is 24.5 Å². The fourth-order valence-electron chi connectivity index (χ4n) is 3.31. The molecule has 2 fully saturated rings. The number of rotatable bonds is 2. The monoisotopic (exact) mass is 244 g/mol. The number of ketones is 1. The largest absolute Gasteiger partial charge is 0.308 e. The zero-order chi connectivity index (χ0) is 12.6. The van der Waals surface area contributed by atoms with Gasteiger partial charge in [-0.15, -0.1) is 0 Å². The van der Waals surface area contributed by atoms with Gasteiger partial charge >= 0.3 is 0 Å². The van der Waals surface area contributed by atoms with Crippen molar-refractivity contribution < 1.29 is 4.79 Å². The van der Waals surface area contributed by atoms with Gasteiger partial charge in [-0.2, -0.15) is 0 Å². The second-order valence-corrected chi connectivity index (χ2v) is 5.69. The average molecular weight is 244 g/mol. The smallest absolute Gasteiger partial charge is 0.154 e. The van der Waals surface area contributed by atoms with Gasteiger partial charge in [-0.1, -0.05) is 37.3 Å². The lowest BCUT2D eigenvalue weighted by Gasteiger charge is -2.38. The Balaban J connectivity index is 1.77. The molecule has 0 radical (unpaired) electrons. The highest BCUT2D eigenvalue weighted by Gasteiger charge is 2.50. The van der Waals surface area contributed by atoms with Gasteiger partial charge in [-0.05, 0) is 18.5 Å². The molecule has 1 aromatic carbocycles. The molecular weight excluding hydrogens is 224 g/mol. The van der Waals surface area contributed by atoms with E-state index in [4.69, 9.17) is 0 Å². The molecule has 3 rings (SSSR count). The van der Waals surface area contributed by atoms with E-state index < -0.39 is 0 Å². The molecule has 1 unspecified atom stereocenters. The second-order valence-electron chi connectivity index (χ2n) is 5.69. The summed E-state index contributed by atoms with van der Waals surface area (Å²) >= 11 is 0. The molecule has 3 heteroatoms. The molecule has 1 N–H and O–H groups in total. The number of piperidine rings is 1. The number of nitrogens with one attached hydrogen (secondary N) is 1. The number of hydrogen-bond donors (Lipinski definition) is 1. The Kier molecular flexibility index (Phi) is 2.96. The summed E-state index contributed by atoms with van der Waals surface area (Å²) in [6, 6.07) is 10.9. The predicted octanol–water partition coefficient (Wildman–Crippen LogP) is 1.44. The van der Waals surface area contributed by atoms with E-state index in [2.05, 4.69) is 41.4 Å². The highest BCUT2D eigenvalue weighted by molar-refractivity contribution is 5.88. The predicted molar refractivity (Wildman–Crippen MR) is 71.2 cm³/mol. The van der Waals surface area contributed by atoms with E-state index in [-0.39, 0.29) is 5.41 Å². The van der Waals surface area contributed by atoms with E-state index in [0.29, 0.717) is 18.4 Å². The van der Waals surface area contributed by atoms with Crippen LogP contribution in [0.5, 0.6) is 0 Å². The van der Waals surface area contributed by atoms with Crippen molar-refractivity contribution >= 4 is 5.78 Å². The molecule has 2 aliphatic heterocycles. The average Bonchev–Trinajstić information content (AvgIpc) is 2.71. The zero-order valence-electron chi connectivity index (χ0n) is 10.9. The van der Waals surface area contributed by atoms with Crippen LogP contribution < -0.4 is 5.32 Å². The van der Waals surface area contributed by atoms with Crippen molar-refractivity contribution in [3.63, 3.8) is 0 Å². The van der Waals surface area contributed by atoms with Crippen LogP contribution in [0.3, 0.4) is 0 Å². The van der Waals surface area contributed by atoms with Gasteiger partial charge in [-0.3, -0.25) is 9.69 Å². The van der Waals surface area contributed by atoms with Crippen molar-refractivity contribution in [2.24, 2.45) is 5.41 Å². The molecule has 2 heterocycles. The van der Waals surface area contributed by atoms with Crippen LogP contribution in [0.25, 0.3) is 0 Å². The van der Waals surface area contributed by atoms with E-state index in [1.165, 1.54) is 5.56 Å². The molecule has 0 aromatic heterocycles. The molecule has 0 bridgehead atoms. The van der Waals surface area contributed by atoms with Crippen LogP contribution in [0.2, 0.25) is 0 Å². The Bertz CT molecular complexity index is 445. The lowest BCUT2D eigenvalue weighted by molar-refractivity contribution is -0.130. The number of Topliss-reactive ketones (excluding diaryl/α,β-unsaturated/α-hetero) is 1. The maximum atomic E-state index is 12.1. The molecule has 0 spiro atoms. The second kappa shape index (κ2) is 4.48. The summed E-state index contributed by atoms with van der Waals surface area (Å²) < 4.78 is 0. The topological polar surface area (TPSA) is 32.3 Å². The molecule has 3 nitrogen and oxygen atoms in total. The highest BCUT2D eigenvalue weighted by Crippen LogP contribution is 2.39. The highest BCUT2D eigenvalue weighted by atomic mass is 16.1. The van der Waals surface area contributed by atoms with Crippen molar-refractivity contribution in [2.45, 2.75) is 25.9 Å². The molecule has 2 atom stereocenters. The van der Waals surface area contributed by atoms with Gasteiger partial charge in [-0.25, -0.2) is 0 Å². The maximum absolute atomic E-state index is 12.1. The normalized spacial score (nSPS) is 32.5. The molecular formula is C15H20N2O. The van der Waals surface area contributed by atoms with Crippen LogP contribution >= 0.6 is 0 Å². The van der Waals surface area contributed by atoms with E-state index >= 15 is 0 Å². The summed E-state index contributed by atoms with van der Waals surface area (Å²) in [5, 5.41) is 3.26. The summed E-state index contributed by atoms with van der Waals surface area (Å²) in [5.74, 6) is 0.384. The minimum atomic E-state index is -0.125. The van der Waals surface area contributed by atoms with Gasteiger partial charge in [0.15, 0.2) is 5.78 Å². The molecule has 96 valence electrons. The summed E-state index contributed by atoms with van der Waals surface area (Å²) in [7, 11) is 0. The van der Waals surface area contributed by atoms with Crippen LogP contribution in [-0.2, 0) is 11.3 Å². The summed E-state index contributed by atoms with van der Waals surface area (Å²) in [6.45, 7) is 5.62. The van der Waals surface area contributed by atoms with Crippen molar-refractivity contribution in [3.8, 4) is 0 Å². The SMILES string of the molecule is C[C@@]12CCN(Cc3ccccc3)C1CNCC2=O. The molecule has 18 heavy (non-hydrogen) atoms. The first-order valence-corrected chi connectivity index (χ1v) is 6.72. The third kappa shape index (κ3) is 1.88. The van der Waals surface area contributed by atoms with Gasteiger partial charge in [0.2, 0.25) is 0 Å². The quantitative estimate of drug-likeness (QED) is 0.854. The van der Waals surface area contributed by atoms with Crippen LogP contribution in [0.15, 0.2) is 30.3 Å². The number of likely N-dealkylation sites (tertiary alicyclic amines) is 1. The number of carbonyl (C=O) groups is 1. The van der Waals surface area contributed by atoms with Gasteiger partial charge in [0.1, 0.15) is 0 Å². The van der Waals surface area contributed by atoms with Crippen LogP contribution in [0, 0.1) is 5.41 Å². The van der Waals surface area contributed by atoms with E-state index in [9.17, 15) is 4.79 Å². The molecule has 1 aromatic rings. The zero-order valence-corrected chi connectivity index (χ0v) is 10.9. The molecule has 2 saturated heterocycles. The first-order valence-electron chi connectivity index (χ1n) is 6.72. The standard InChI is InChI=1S/C15H20N2O/c1-15-7-8-17(11-12-5-3-2-4-6-12)13(15)9-16-10-14(15)18/h2-6,13,16H,7-11H2,1H3/t13?,15-/m1/s1. The lowest BCUT2D eigenvalue weighted by Crippen LogP contribution is -2.55. The van der Waals surface area contributed by atoms with E-state index in [1.807, 2.05) is 6.07 Å². The third-order valence-electron chi connectivity index (χ3n) is 4.58. The Hall–Kier alpha value is -1.19. The first kappa shape index (κ1) is 11.9. The first-order chi connectivity index (χ1) is 8.70. The molecule has 0 amide bonds. The Morgan fingerprint density at radius 2 is 2.17 bits per heavy atom. The number of fused-ring (bicyclic) bond motifs is 1. The van der Waals surface area contributed by atoms with Crippen LogP contribution in [0.4, 0.5) is 0 Å². The fourth-order valence-corrected chi connectivity index (χ4v) is 3.31. The van der Waals surface area contributed by atoms with Crippen LogP contribution in [-0.4, -0.2) is 36.4 Å². The lowest BCUT2D eigenvalue weighted by atomic mass is 9.76. The van der Waals surface area contributed by atoms with Crippen molar-refractivity contribution in [3.05, 3.63) is 35.9 Å². The van der Waals surface area contributed by atoms with Gasteiger partial charge in [0.05, 0.1) is 6.54 Å². The van der Waals surface area contributed by atoms with Crippen molar-refractivity contribution in [1.29, 1.82) is 0 Å². The van der Waals surface area contributed by atoms with Crippen molar-refractivity contribution in [2.75, 3.05) is 19.6 Å². The summed E-state index contributed by atoms with van der Waals surface area (Å²) in [6.07, 6.45) is 1.00. The minimum Gasteiger partial charge on any atom is -0.308 e. The van der Waals surface area contributed by atoms with Crippen LogP contribution in [0.1, 0.15) is 18.9 Å². The molecule has 0 aliphatic carbocycles. The van der Waals surface area contributed by atoms with Gasteiger partial charge in [0.25, 0.3) is 0 Å². The third-order valence-corrected chi connectivity index (χ3v) is 4.58. The fraction of sp³-hybridized carbons (Fsp3) is 0.533. The van der Waals surface area contributed by atoms with E-state index in [1.54, 1.807) is 0 Å². The summed E-state index contributed by atoms with van der Waals surface area (Å²) in [5.41, 5.74) is 1.21. The maximum Gasteiger partial charge on any atom is 0.154 e. The summed E-state index contributed by atoms with van der Waals surface area (Å²) in [4.78, 5) is 14.6. The number of benzene rings is 1. The molecule has 2 aliphatic rings.